The molecule has 36 heteroatoms. The molecule has 12 atom stereocenters. The molecular formula is C48H87N15O21. The zero-order chi connectivity index (χ0) is 64.3. The smallest absolute Gasteiger partial charge is 0.303 e. The van der Waals surface area contributed by atoms with E-state index in [1.54, 1.807) is 0 Å². The van der Waals surface area contributed by atoms with Gasteiger partial charge in [-0.25, -0.2) is 0 Å². The number of aliphatic carboxylic acids is 3. The molecule has 1 aliphatic rings. The summed E-state index contributed by atoms with van der Waals surface area (Å²) in [5.41, 5.74) is 15.8. The normalized spacial score (nSPS) is 26.6. The van der Waals surface area contributed by atoms with Crippen LogP contribution in [0.1, 0.15) is 127 Å². The van der Waals surface area contributed by atoms with Gasteiger partial charge >= 0.3 is 17.9 Å². The number of hydrogen-bond acceptors (Lipinski definition) is 18. The number of primary amides is 3. The van der Waals surface area contributed by atoms with Gasteiger partial charge < -0.3 is 96.3 Å². The Morgan fingerprint density at radius 1 is 0.274 bits per heavy atom. The van der Waals surface area contributed by atoms with Gasteiger partial charge in [-0.15, -0.1) is 0 Å². The van der Waals surface area contributed by atoms with Crippen molar-refractivity contribution in [2.75, 3.05) is 0 Å². The van der Waals surface area contributed by atoms with Gasteiger partial charge in [0.2, 0.25) is 88.6 Å². The Bertz CT molecular complexity index is 2130. The summed E-state index contributed by atoms with van der Waals surface area (Å²) in [7, 11) is 0. The summed E-state index contributed by atoms with van der Waals surface area (Å²) < 4.78 is 0. The van der Waals surface area contributed by atoms with Crippen LogP contribution < -0.4 is 81.0 Å². The number of hydrogen-bond donors (Lipinski definition) is 18. The monoisotopic (exact) mass is 1220 g/mol. The average molecular weight is 1220 g/mol. The lowest BCUT2D eigenvalue weighted by molar-refractivity contribution is -0.139. The van der Waals surface area contributed by atoms with Gasteiger partial charge in [-0.1, -0.05) is 0 Å². The third-order valence-corrected chi connectivity index (χ3v) is 12.3. The summed E-state index contributed by atoms with van der Waals surface area (Å²) in [6.45, 7) is 6.57. The molecule has 0 saturated carbocycles. The molecule has 1 fully saturated rings. The first kappa shape index (κ1) is 72.5. The molecule has 0 radical (unpaired) electrons. The van der Waals surface area contributed by atoms with Crippen LogP contribution in [0.15, 0.2) is 0 Å². The highest BCUT2D eigenvalue weighted by Gasteiger charge is 2.35. The number of carbonyl (C=O) groups is 18. The second-order valence-electron chi connectivity index (χ2n) is 19.6. The van der Waals surface area contributed by atoms with E-state index in [1.807, 2.05) is 0 Å². The highest BCUT2D eigenvalue weighted by atomic mass is 16.4. The summed E-state index contributed by atoms with van der Waals surface area (Å²) >= 11 is 0. The van der Waals surface area contributed by atoms with E-state index in [1.165, 1.54) is 0 Å². The highest BCUT2D eigenvalue weighted by Crippen LogP contribution is 2.08. The van der Waals surface area contributed by atoms with E-state index in [-0.39, 0.29) is 8.56 Å². The van der Waals surface area contributed by atoms with Crippen molar-refractivity contribution in [2.24, 2.45) is 17.2 Å². The molecule has 0 aromatic rings. The molecule has 1 aliphatic heterocycles. The standard InChI is InChI=1S/C48H75N15O21.6H2/c1-19-37(73)58-25(7-13-31(49)64)43(79)52-23(5)41(77)62-29(11-17-35(69)70)47(83)56-21(3)39(75)60-27(9-15-33(51)66)45(81)54-24(6)42(78)63-30(12-18-36(71)72)48(84)57-20(2)38(74)59-26(8-14-32(50)65)44(80)53-22(4)40(76)61-28(46(82)55-19)10-16-34(67)68;;;;;;/h19-30H,7-18H2,1-6H3,(H2,49,64)(H2,50,65)(H2,51,66)(H,52,79)(H,53,80)(H,54,81)(H,55,82)(H,56,83)(H,57,84)(H,58,73)(H,59,74)(H,60,75)(H,61,76)(H,62,77)(H,63,78)(H,67,68)(H,69,70)(H,71,72);6*1H/i;6*1+1. The van der Waals surface area contributed by atoms with Gasteiger partial charge in [0.1, 0.15) is 72.5 Å². The Balaban J connectivity index is -0.00000294. The summed E-state index contributed by atoms with van der Waals surface area (Å²) in [5.74, 6) is -20.9. The van der Waals surface area contributed by atoms with Gasteiger partial charge in [0.25, 0.3) is 0 Å². The number of nitrogens with one attached hydrogen (secondary N) is 12. The van der Waals surface area contributed by atoms with Gasteiger partial charge in [0.15, 0.2) is 0 Å². The molecule has 0 aromatic heterocycles. The Morgan fingerprint density at radius 2 is 0.405 bits per heavy atom. The highest BCUT2D eigenvalue weighted by molar-refractivity contribution is 6.00. The lowest BCUT2D eigenvalue weighted by Crippen LogP contribution is -2.60. The summed E-state index contributed by atoms with van der Waals surface area (Å²) in [4.78, 5) is 233. The fraction of sp³-hybridized carbons (Fsp3) is 0.625. The van der Waals surface area contributed by atoms with E-state index in [2.05, 4.69) is 63.8 Å². The van der Waals surface area contributed by atoms with E-state index >= 15 is 0 Å². The Hall–Kier alpha value is -9.54. The maximum Gasteiger partial charge on any atom is 0.303 e. The first-order valence-corrected chi connectivity index (χ1v) is 26.2. The molecule has 1 rings (SSSR count). The number of carboxylic acids is 3. The maximum atomic E-state index is 13.6. The van der Waals surface area contributed by atoms with Crippen molar-refractivity contribution in [2.45, 2.75) is 191 Å². The number of nitrogens with two attached hydrogens (primary N) is 3. The zero-order valence-electron chi connectivity index (χ0n) is 46.8. The second kappa shape index (κ2) is 35.3. The van der Waals surface area contributed by atoms with Gasteiger partial charge in [-0.3, -0.25) is 86.3 Å². The van der Waals surface area contributed by atoms with Crippen LogP contribution in [0.5, 0.6) is 0 Å². The predicted octanol–water partition coefficient (Wildman–Crippen LogP) is -7.20. The third-order valence-electron chi connectivity index (χ3n) is 12.3. The maximum absolute atomic E-state index is 13.6. The van der Waals surface area contributed by atoms with Gasteiger partial charge in [-0.2, -0.15) is 0 Å². The van der Waals surface area contributed by atoms with Crippen LogP contribution >= 0.6 is 0 Å². The van der Waals surface area contributed by atoms with E-state index in [0.717, 1.165) is 41.5 Å². The van der Waals surface area contributed by atoms with Gasteiger partial charge in [-0.05, 0) is 80.1 Å². The Morgan fingerprint density at radius 3 is 0.524 bits per heavy atom. The van der Waals surface area contributed by atoms with Crippen molar-refractivity contribution in [3.8, 4) is 0 Å². The molecule has 36 nitrogen and oxygen atoms in total. The van der Waals surface area contributed by atoms with Crippen molar-refractivity contribution >= 4 is 107 Å². The lowest BCUT2D eigenvalue weighted by atomic mass is 10.1. The van der Waals surface area contributed by atoms with Crippen molar-refractivity contribution in [3.63, 3.8) is 0 Å². The molecule has 1 heterocycles. The fourth-order valence-electron chi connectivity index (χ4n) is 7.33. The largest absolute Gasteiger partial charge is 0.481 e. The van der Waals surface area contributed by atoms with Crippen LogP contribution in [-0.2, 0) is 86.3 Å². The molecule has 84 heavy (non-hydrogen) atoms. The van der Waals surface area contributed by atoms with Crippen molar-refractivity contribution in [1.29, 1.82) is 0 Å². The average Bonchev–Trinajstić information content (AvgIpc) is 3.39. The Labute approximate surface area is 488 Å². The number of amides is 15. The number of carbonyl (C=O) groups excluding carboxylic acids is 15. The van der Waals surface area contributed by atoms with Crippen molar-refractivity contribution in [1.82, 2.24) is 63.8 Å². The van der Waals surface area contributed by atoms with E-state index in [0.29, 0.717) is 0 Å². The molecule has 0 bridgehead atoms. The quantitative estimate of drug-likeness (QED) is 0.0606. The van der Waals surface area contributed by atoms with Crippen LogP contribution in [0, 0.1) is 0 Å². The first-order valence-electron chi connectivity index (χ1n) is 26.2. The molecule has 0 spiro atoms. The van der Waals surface area contributed by atoms with E-state index in [4.69, 9.17) is 17.2 Å². The molecule has 0 aromatic carbocycles. The summed E-state index contributed by atoms with van der Waals surface area (Å²) in [6, 6.07) is -20.0. The Kier molecular flexibility index (Phi) is 30.5. The van der Waals surface area contributed by atoms with Crippen LogP contribution in [-0.4, -0.2) is 194 Å². The van der Waals surface area contributed by atoms with Crippen molar-refractivity contribution < 1.29 is 110 Å². The molecule has 1 saturated heterocycles. The molecule has 21 N–H and O–H groups in total. The predicted molar refractivity (Wildman–Crippen MR) is 296 cm³/mol. The SMILES string of the molecule is CC1NC(=O)C(CCC(N)=O)NC(=O)C(C)NC(=O)C(CCC(=O)O)NC(=O)C(C)NC(=O)C(CCC(N)=O)NC(=O)C(C)NC(=O)C(CCC(=O)O)NC(=O)C(C)NC(=O)C(CCC(N)=O)NC(=O)C(C)NC(=O)C(CCC(=O)O)NC1=O.[2HH].[2HH].[2HH].[2HH].[2HH].[2HH]. The van der Waals surface area contributed by atoms with Crippen LogP contribution in [0.2, 0.25) is 0 Å². The van der Waals surface area contributed by atoms with E-state index in [9.17, 15) is 102 Å². The van der Waals surface area contributed by atoms with Gasteiger partial charge in [0.05, 0.1) is 0 Å². The van der Waals surface area contributed by atoms with Crippen LogP contribution in [0.25, 0.3) is 0 Å². The minimum Gasteiger partial charge on any atom is -0.481 e. The number of rotatable bonds is 18. The lowest BCUT2D eigenvalue weighted by Gasteiger charge is -2.27. The van der Waals surface area contributed by atoms with Crippen LogP contribution in [0.3, 0.4) is 0 Å². The first-order chi connectivity index (χ1) is 39.0. The van der Waals surface area contributed by atoms with Crippen LogP contribution in [0.4, 0.5) is 0 Å². The molecule has 480 valence electrons. The van der Waals surface area contributed by atoms with Gasteiger partial charge in [0, 0.05) is 47.1 Å². The molecular weight excluding hydrogens is 1120 g/mol. The second-order valence-corrected chi connectivity index (χ2v) is 19.6. The third kappa shape index (κ3) is 27.3. The molecule has 15 amide bonds. The zero-order valence-corrected chi connectivity index (χ0v) is 46.8. The topological polar surface area (TPSA) is 590 Å². The fourth-order valence-corrected chi connectivity index (χ4v) is 7.33. The summed E-state index contributed by atoms with van der Waals surface area (Å²) in [6.07, 6.45) is -7.23. The molecule has 12 unspecified atom stereocenters. The minimum absolute atomic E-state index is 0. The van der Waals surface area contributed by atoms with Crippen molar-refractivity contribution in [3.05, 3.63) is 0 Å². The summed E-state index contributed by atoms with van der Waals surface area (Å²) in [5, 5.41) is 55.2. The minimum atomic E-state index is -1.75. The molecule has 0 aliphatic carbocycles. The number of carboxylic acid groups (broad SMARTS) is 3. The van der Waals surface area contributed by atoms with E-state index < -0.39 is 256 Å².